The molecule has 0 aromatic carbocycles. The van der Waals surface area contributed by atoms with Gasteiger partial charge < -0.3 is 0 Å². The van der Waals surface area contributed by atoms with Gasteiger partial charge in [-0.3, -0.25) is 19.6 Å². The molecule has 440 valence electrons. The van der Waals surface area contributed by atoms with Crippen molar-refractivity contribution in [3.63, 3.8) is 0 Å². The largest absolute Gasteiger partial charge is 0.294 e. The standard InChI is InChI=1S/C73H128N4/c1-7-19-62(20-8-1)74(63-21-9-2-10-22-63)70-47-35-58(36-48-70)60-39-51-72(52-40-60)76(66-27-15-5-16-28-66)68-43-31-56(32-44-68)55-57-33-45-69(46-34-57)77(67-29-17-6-18-30-67)73-53-41-61(42-54-73)59-37-49-71(50-38-59)75(64-23-11-3-12-24-64)65-25-13-4-14-26-65/h56-73H,1-55H2. The van der Waals surface area contributed by atoms with Crippen LogP contribution in [0.5, 0.6) is 0 Å². The molecule has 4 nitrogen and oxygen atoms in total. The van der Waals surface area contributed by atoms with Crippen LogP contribution in [0.1, 0.15) is 353 Å². The minimum atomic E-state index is 0.907. The minimum absolute atomic E-state index is 0.907. The Kier molecular flexibility index (Phi) is 21.6. The van der Waals surface area contributed by atoms with E-state index in [2.05, 4.69) is 19.6 Å². The molecule has 0 heterocycles. The molecule has 0 aromatic heterocycles. The van der Waals surface area contributed by atoms with E-state index < -0.39 is 0 Å². The second-order valence-electron chi connectivity index (χ2n) is 31.4. The molecule has 12 rings (SSSR count). The fraction of sp³-hybridized carbons (Fsp3) is 1.00. The summed E-state index contributed by atoms with van der Waals surface area (Å²) in [6, 6.07) is 11.0. The maximum atomic E-state index is 3.32. The lowest BCUT2D eigenvalue weighted by Gasteiger charge is -2.51. The lowest BCUT2D eigenvalue weighted by Crippen LogP contribution is -2.53. The maximum Gasteiger partial charge on any atom is 0.0101 e. The van der Waals surface area contributed by atoms with Gasteiger partial charge in [0.1, 0.15) is 0 Å². The van der Waals surface area contributed by atoms with Crippen LogP contribution in [0.4, 0.5) is 0 Å². The van der Waals surface area contributed by atoms with Gasteiger partial charge in [-0.1, -0.05) is 116 Å². The van der Waals surface area contributed by atoms with Gasteiger partial charge in [-0.2, -0.15) is 0 Å². The SMILES string of the molecule is C1CCC(N(C2CCCCC2)C2CCC(C3CCC(N(C4CCCCC4)C4CCC(CC5CCC(N(C6CCCCC6)C6CCC(C7CCC(N(C8CCCCC8)C8CCCCC8)CC7)CC6)CC5)CC4)CC3)CC2)CC1. The van der Waals surface area contributed by atoms with Gasteiger partial charge in [0.15, 0.2) is 0 Å². The van der Waals surface area contributed by atoms with Crippen LogP contribution in [-0.2, 0) is 0 Å². The Balaban J connectivity index is 0.590. The van der Waals surface area contributed by atoms with Crippen molar-refractivity contribution in [1.82, 2.24) is 19.6 Å². The molecule has 12 aliphatic carbocycles. The van der Waals surface area contributed by atoms with Crippen LogP contribution >= 0.6 is 0 Å². The molecule has 0 aromatic rings. The number of hydrogen-bond donors (Lipinski definition) is 0. The van der Waals surface area contributed by atoms with Crippen LogP contribution in [0, 0.1) is 35.5 Å². The second kappa shape index (κ2) is 29.1. The third-order valence-electron chi connectivity index (χ3n) is 27.1. The van der Waals surface area contributed by atoms with Gasteiger partial charge in [0.05, 0.1) is 0 Å². The molecule has 0 N–H and O–H groups in total. The molecule has 0 atom stereocenters. The average molecular weight is 1060 g/mol. The molecule has 0 radical (unpaired) electrons. The Morgan fingerprint density at radius 2 is 0.286 bits per heavy atom. The van der Waals surface area contributed by atoms with E-state index in [0.29, 0.717) is 0 Å². The molecule has 0 aliphatic heterocycles. The molecule has 0 unspecified atom stereocenters. The van der Waals surface area contributed by atoms with E-state index in [9.17, 15) is 0 Å². The Hall–Kier alpha value is -0.160. The van der Waals surface area contributed by atoms with Gasteiger partial charge in [-0.25, -0.2) is 0 Å². The quantitative estimate of drug-likeness (QED) is 0.153. The summed E-state index contributed by atoms with van der Waals surface area (Å²) >= 11 is 0. The van der Waals surface area contributed by atoms with Gasteiger partial charge in [0, 0.05) is 72.5 Å². The molecule has 77 heavy (non-hydrogen) atoms. The van der Waals surface area contributed by atoms with Crippen LogP contribution in [0.2, 0.25) is 0 Å². The molecular weight excluding hydrogens is 933 g/mol. The molecular formula is C73H128N4. The maximum absolute atomic E-state index is 3.32. The van der Waals surface area contributed by atoms with E-state index in [0.717, 1.165) is 108 Å². The van der Waals surface area contributed by atoms with Gasteiger partial charge in [-0.05, 0) is 273 Å². The highest BCUT2D eigenvalue weighted by molar-refractivity contribution is 4.99. The third-order valence-corrected chi connectivity index (χ3v) is 27.1. The van der Waals surface area contributed by atoms with Crippen LogP contribution in [0.3, 0.4) is 0 Å². The van der Waals surface area contributed by atoms with Crippen LogP contribution in [-0.4, -0.2) is 92.1 Å². The van der Waals surface area contributed by atoms with Gasteiger partial charge in [0.2, 0.25) is 0 Å². The zero-order valence-corrected chi connectivity index (χ0v) is 51.1. The van der Waals surface area contributed by atoms with Gasteiger partial charge >= 0.3 is 0 Å². The number of nitrogens with zero attached hydrogens (tertiary/aromatic N) is 4. The predicted octanol–water partition coefficient (Wildman–Crippen LogP) is 19.9. The Bertz CT molecular complexity index is 1460. The average Bonchev–Trinajstić information content (AvgIpc) is 3.51. The van der Waals surface area contributed by atoms with E-state index in [1.54, 1.807) is 109 Å². The highest BCUT2D eigenvalue weighted by Gasteiger charge is 2.44. The highest BCUT2D eigenvalue weighted by Crippen LogP contribution is 2.49. The fourth-order valence-electron chi connectivity index (χ4n) is 23.2. The van der Waals surface area contributed by atoms with E-state index in [1.165, 1.54) is 244 Å². The van der Waals surface area contributed by atoms with E-state index in [4.69, 9.17) is 0 Å². The van der Waals surface area contributed by atoms with Crippen molar-refractivity contribution in [1.29, 1.82) is 0 Å². The Labute approximate surface area is 478 Å². The molecule has 0 amide bonds. The van der Waals surface area contributed by atoms with Crippen molar-refractivity contribution in [2.75, 3.05) is 0 Å². The van der Waals surface area contributed by atoms with Crippen molar-refractivity contribution in [3.05, 3.63) is 0 Å². The molecule has 0 spiro atoms. The Morgan fingerprint density at radius 3 is 0.455 bits per heavy atom. The summed E-state index contributed by atoms with van der Waals surface area (Å²) in [6.45, 7) is 0. The topological polar surface area (TPSA) is 13.0 Å². The van der Waals surface area contributed by atoms with Gasteiger partial charge in [-0.15, -0.1) is 0 Å². The summed E-state index contributed by atoms with van der Waals surface area (Å²) in [5, 5.41) is 0. The molecule has 0 saturated heterocycles. The minimum Gasteiger partial charge on any atom is -0.294 e. The normalized spacial score (nSPS) is 39.4. The summed E-state index contributed by atoms with van der Waals surface area (Å²) in [5.74, 6) is 6.23. The smallest absolute Gasteiger partial charge is 0.0101 e. The predicted molar refractivity (Wildman–Crippen MR) is 328 cm³/mol. The first-order valence-corrected chi connectivity index (χ1v) is 37.3. The molecule has 0 bridgehead atoms. The summed E-state index contributed by atoms with van der Waals surface area (Å²) < 4.78 is 0. The van der Waals surface area contributed by atoms with Crippen molar-refractivity contribution in [3.8, 4) is 0 Å². The molecule has 12 saturated carbocycles. The van der Waals surface area contributed by atoms with Crippen molar-refractivity contribution < 1.29 is 0 Å². The third kappa shape index (κ3) is 14.7. The molecule has 12 fully saturated rings. The second-order valence-corrected chi connectivity index (χ2v) is 31.4. The molecule has 4 heteroatoms. The summed E-state index contributed by atoms with van der Waals surface area (Å²) in [6.07, 6.45) is 84.1. The van der Waals surface area contributed by atoms with Crippen LogP contribution < -0.4 is 0 Å². The lowest BCUT2D eigenvalue weighted by molar-refractivity contribution is -0.0116. The van der Waals surface area contributed by atoms with E-state index >= 15 is 0 Å². The van der Waals surface area contributed by atoms with Crippen LogP contribution in [0.25, 0.3) is 0 Å². The summed E-state index contributed by atoms with van der Waals surface area (Å²) in [7, 11) is 0. The number of rotatable bonds is 16. The van der Waals surface area contributed by atoms with Crippen LogP contribution in [0.15, 0.2) is 0 Å². The first kappa shape index (κ1) is 57.3. The van der Waals surface area contributed by atoms with E-state index in [-0.39, 0.29) is 0 Å². The highest BCUT2D eigenvalue weighted by atomic mass is 15.2. The lowest BCUT2D eigenvalue weighted by atomic mass is 9.69. The van der Waals surface area contributed by atoms with Crippen molar-refractivity contribution >= 4 is 0 Å². The first-order valence-electron chi connectivity index (χ1n) is 37.3. The molecule has 12 aliphatic rings. The van der Waals surface area contributed by atoms with Crippen molar-refractivity contribution in [2.24, 2.45) is 35.5 Å². The monoisotopic (exact) mass is 1060 g/mol. The van der Waals surface area contributed by atoms with Crippen molar-refractivity contribution in [2.45, 2.75) is 426 Å². The first-order chi connectivity index (χ1) is 38.2. The zero-order chi connectivity index (χ0) is 51.6. The fourth-order valence-corrected chi connectivity index (χ4v) is 23.2. The van der Waals surface area contributed by atoms with E-state index in [1.807, 2.05) is 0 Å². The summed E-state index contributed by atoms with van der Waals surface area (Å²) in [5.41, 5.74) is 0. The van der Waals surface area contributed by atoms with Gasteiger partial charge in [0.25, 0.3) is 0 Å². The zero-order valence-electron chi connectivity index (χ0n) is 51.1. The summed E-state index contributed by atoms with van der Waals surface area (Å²) in [4.78, 5) is 13.1. The number of hydrogen-bond acceptors (Lipinski definition) is 4. The Morgan fingerprint density at radius 1 is 0.143 bits per heavy atom.